The summed E-state index contributed by atoms with van der Waals surface area (Å²) >= 11 is 2.57. The molecule has 38 heavy (non-hydrogen) atoms. The fourth-order valence-corrected chi connectivity index (χ4v) is 5.93. The molecule has 3 aromatic heterocycles. The number of hydrogen-bond acceptors (Lipinski definition) is 7. The van der Waals surface area contributed by atoms with Crippen molar-refractivity contribution in [3.05, 3.63) is 111 Å². The lowest BCUT2D eigenvalue weighted by Gasteiger charge is -2.14. The average molecular weight is 540 g/mol. The first-order valence-electron chi connectivity index (χ1n) is 11.7. The van der Waals surface area contributed by atoms with Gasteiger partial charge >= 0.3 is 0 Å². The second-order valence-electron chi connectivity index (χ2n) is 8.45. The molecule has 5 aromatic rings. The molecule has 0 aliphatic carbocycles. The maximum absolute atomic E-state index is 13.4. The second kappa shape index (κ2) is 9.81. The van der Waals surface area contributed by atoms with Crippen molar-refractivity contribution in [1.29, 1.82) is 0 Å². The van der Waals surface area contributed by atoms with E-state index in [0.29, 0.717) is 37.9 Å². The molecule has 0 unspecified atom stereocenters. The number of rotatable bonds is 5. The number of nitrogens with zero attached hydrogens (tertiary/aromatic N) is 5. The lowest BCUT2D eigenvalue weighted by atomic mass is 10.2. The monoisotopic (exact) mass is 539 g/mol. The molecule has 0 N–H and O–H groups in total. The molecule has 6 rings (SSSR count). The molecule has 1 amide bonds. The summed E-state index contributed by atoms with van der Waals surface area (Å²) in [6.07, 6.45) is 3.27. The molecule has 1 saturated heterocycles. The normalized spacial score (nSPS) is 15.7. The van der Waals surface area contributed by atoms with Crippen LogP contribution in [-0.2, 0) is 11.8 Å². The lowest BCUT2D eigenvalue weighted by Crippen LogP contribution is -2.28. The van der Waals surface area contributed by atoms with Gasteiger partial charge in [0.25, 0.3) is 11.5 Å². The molecule has 1 aliphatic heterocycles. The number of aromatic nitrogens is 3. The number of para-hydroxylation sites is 2. The number of thiazole rings is 1. The number of furan rings is 1. The van der Waals surface area contributed by atoms with Crippen LogP contribution in [0.25, 0.3) is 23.0 Å². The minimum absolute atomic E-state index is 0.152. The summed E-state index contributed by atoms with van der Waals surface area (Å²) < 4.78 is 8.87. The van der Waals surface area contributed by atoms with Gasteiger partial charge in [-0.15, -0.1) is 11.3 Å². The van der Waals surface area contributed by atoms with Crippen LogP contribution in [0, 0.1) is 6.92 Å². The van der Waals surface area contributed by atoms with Gasteiger partial charge < -0.3 is 4.42 Å². The predicted octanol–water partition coefficient (Wildman–Crippen LogP) is 6.01. The van der Waals surface area contributed by atoms with E-state index in [1.807, 2.05) is 84.7 Å². The number of benzene rings is 2. The van der Waals surface area contributed by atoms with E-state index in [4.69, 9.17) is 9.41 Å². The van der Waals surface area contributed by atoms with Gasteiger partial charge in [0, 0.05) is 24.2 Å². The zero-order valence-corrected chi connectivity index (χ0v) is 22.1. The van der Waals surface area contributed by atoms with Crippen LogP contribution in [0.5, 0.6) is 0 Å². The topological polar surface area (TPSA) is 85.6 Å². The number of thioether (sulfide) groups is 1. The summed E-state index contributed by atoms with van der Waals surface area (Å²) in [5.41, 5.74) is 3.19. The maximum atomic E-state index is 13.4. The molecule has 0 bridgehead atoms. The van der Waals surface area contributed by atoms with Crippen molar-refractivity contribution in [3.63, 3.8) is 0 Å². The predicted molar refractivity (Wildman–Crippen MR) is 152 cm³/mol. The van der Waals surface area contributed by atoms with E-state index in [0.717, 1.165) is 11.4 Å². The smallest absolute Gasteiger partial charge is 0.281 e. The van der Waals surface area contributed by atoms with Crippen LogP contribution in [0.1, 0.15) is 11.5 Å². The highest BCUT2D eigenvalue weighted by molar-refractivity contribution is 8.19. The molecule has 0 saturated carbocycles. The molecule has 0 radical (unpaired) electrons. The van der Waals surface area contributed by atoms with Crippen LogP contribution in [0.15, 0.2) is 104 Å². The van der Waals surface area contributed by atoms with Crippen molar-refractivity contribution >= 4 is 51.1 Å². The van der Waals surface area contributed by atoms with Crippen LogP contribution in [0.3, 0.4) is 0 Å². The zero-order valence-electron chi connectivity index (χ0n) is 20.4. The summed E-state index contributed by atoms with van der Waals surface area (Å²) in [4.78, 5) is 38.3. The van der Waals surface area contributed by atoms with Gasteiger partial charge in [-0.2, -0.15) is 4.99 Å². The first-order valence-corrected chi connectivity index (χ1v) is 13.4. The number of hydrogen-bond donors (Lipinski definition) is 0. The summed E-state index contributed by atoms with van der Waals surface area (Å²) in [5, 5.41) is 2.75. The summed E-state index contributed by atoms with van der Waals surface area (Å²) in [5.74, 6) is 0.388. The summed E-state index contributed by atoms with van der Waals surface area (Å²) in [6, 6.07) is 22.4. The maximum Gasteiger partial charge on any atom is 0.281 e. The largest absolute Gasteiger partial charge is 0.465 e. The fraction of sp³-hybridized carbons (Fsp3) is 0.0714. The quantitative estimate of drug-likeness (QED) is 0.255. The molecule has 1 fully saturated rings. The molecule has 0 spiro atoms. The molecule has 0 atom stereocenters. The van der Waals surface area contributed by atoms with Crippen molar-refractivity contribution in [1.82, 2.24) is 14.3 Å². The number of anilines is 1. The van der Waals surface area contributed by atoms with Gasteiger partial charge in [0.15, 0.2) is 5.17 Å². The van der Waals surface area contributed by atoms with E-state index in [1.165, 1.54) is 23.1 Å². The zero-order chi connectivity index (χ0) is 26.2. The van der Waals surface area contributed by atoms with E-state index < -0.39 is 0 Å². The highest BCUT2D eigenvalue weighted by atomic mass is 32.2. The number of amides is 1. The minimum Gasteiger partial charge on any atom is -0.465 e. The lowest BCUT2D eigenvalue weighted by molar-refractivity contribution is -0.113. The number of aliphatic imine (C=N–C) groups is 1. The van der Waals surface area contributed by atoms with Crippen molar-refractivity contribution in [2.45, 2.75) is 6.92 Å². The van der Waals surface area contributed by atoms with Crippen molar-refractivity contribution in [2.75, 3.05) is 4.90 Å². The number of carbonyl (C=O) groups is 1. The molecule has 8 nitrogen and oxygen atoms in total. The standard InChI is InChI=1S/C28H21N5O3S2/c1-18-24(26(35)33(31(18)2)20-12-7-4-8-13-20)22-17-37-27(29-22)30-28-32(19-10-5-3-6-11-19)25(34)23(38-28)16-21-14-9-15-36-21/h3-17H,1-2H3/b23-16-,30-28?. The van der Waals surface area contributed by atoms with Gasteiger partial charge in [0.1, 0.15) is 5.76 Å². The van der Waals surface area contributed by atoms with Crippen LogP contribution in [0.4, 0.5) is 10.8 Å². The third-order valence-corrected chi connectivity index (χ3v) is 7.83. The van der Waals surface area contributed by atoms with E-state index >= 15 is 0 Å². The molecular formula is C28H21N5O3S2. The van der Waals surface area contributed by atoms with Gasteiger partial charge in [-0.1, -0.05) is 36.4 Å². The van der Waals surface area contributed by atoms with Gasteiger partial charge in [-0.05, 0) is 55.1 Å². The first-order chi connectivity index (χ1) is 18.5. The van der Waals surface area contributed by atoms with E-state index in [2.05, 4.69) is 4.98 Å². The Morgan fingerprint density at radius 1 is 0.947 bits per heavy atom. The highest BCUT2D eigenvalue weighted by Gasteiger charge is 2.35. The first kappa shape index (κ1) is 24.0. The van der Waals surface area contributed by atoms with Crippen molar-refractivity contribution in [3.8, 4) is 16.9 Å². The van der Waals surface area contributed by atoms with Crippen molar-refractivity contribution < 1.29 is 9.21 Å². The number of carbonyl (C=O) groups excluding carboxylic acids is 1. The van der Waals surface area contributed by atoms with E-state index in [-0.39, 0.29) is 11.5 Å². The Balaban J connectivity index is 1.40. The molecule has 2 aromatic carbocycles. The van der Waals surface area contributed by atoms with Crippen LogP contribution < -0.4 is 10.5 Å². The Hall–Kier alpha value is -4.41. The molecule has 4 heterocycles. The van der Waals surface area contributed by atoms with Gasteiger partial charge in [0.2, 0.25) is 5.13 Å². The molecular weight excluding hydrogens is 518 g/mol. The van der Waals surface area contributed by atoms with Gasteiger partial charge in [-0.3, -0.25) is 19.2 Å². The third-order valence-electron chi connectivity index (χ3n) is 6.13. The Bertz CT molecular complexity index is 1750. The average Bonchev–Trinajstić information content (AvgIpc) is 3.71. The Morgan fingerprint density at radius 3 is 2.34 bits per heavy atom. The highest BCUT2D eigenvalue weighted by Crippen LogP contribution is 2.38. The van der Waals surface area contributed by atoms with Gasteiger partial charge in [0.05, 0.1) is 33.8 Å². The van der Waals surface area contributed by atoms with Gasteiger partial charge in [-0.25, -0.2) is 9.67 Å². The Morgan fingerprint density at radius 2 is 1.66 bits per heavy atom. The Labute approximate surface area is 226 Å². The summed E-state index contributed by atoms with van der Waals surface area (Å²) in [6.45, 7) is 1.90. The summed E-state index contributed by atoms with van der Waals surface area (Å²) in [7, 11) is 1.85. The van der Waals surface area contributed by atoms with Crippen molar-refractivity contribution in [2.24, 2.45) is 12.0 Å². The third kappa shape index (κ3) is 4.23. The van der Waals surface area contributed by atoms with Crippen LogP contribution in [-0.4, -0.2) is 25.4 Å². The molecule has 188 valence electrons. The second-order valence-corrected chi connectivity index (χ2v) is 10.3. The molecule has 10 heteroatoms. The Kier molecular flexibility index (Phi) is 6.18. The van der Waals surface area contributed by atoms with Crippen LogP contribution >= 0.6 is 23.1 Å². The minimum atomic E-state index is -0.196. The molecule has 1 aliphatic rings. The van der Waals surface area contributed by atoms with E-state index in [1.54, 1.807) is 34.1 Å². The van der Waals surface area contributed by atoms with E-state index in [9.17, 15) is 9.59 Å². The number of amidine groups is 1. The fourth-order valence-electron chi connectivity index (χ4n) is 4.23. The SMILES string of the molecule is Cc1c(-c2csc(N=C3S/C(=C\c4ccco4)C(=O)N3c3ccccc3)n2)c(=O)n(-c2ccccc2)n1C. The van der Waals surface area contributed by atoms with Crippen LogP contribution in [0.2, 0.25) is 0 Å².